The lowest BCUT2D eigenvalue weighted by Crippen LogP contribution is -1.86. The number of para-hydroxylation sites is 1. The van der Waals surface area contributed by atoms with E-state index in [9.17, 15) is 0 Å². The van der Waals surface area contributed by atoms with Crippen LogP contribution in [0, 0.1) is 0 Å². The Kier molecular flexibility index (Phi) is 2.68. The highest BCUT2D eigenvalue weighted by atomic mass is 35.5. The van der Waals surface area contributed by atoms with Crippen LogP contribution in [0.25, 0.3) is 16.9 Å². The number of aromatic nitrogens is 2. The first-order valence-electron chi connectivity index (χ1n) is 5.56. The minimum atomic E-state index is 0.638. The van der Waals surface area contributed by atoms with Gasteiger partial charge in [-0.1, -0.05) is 23.7 Å². The van der Waals surface area contributed by atoms with E-state index < -0.39 is 0 Å². The van der Waals surface area contributed by atoms with Crippen LogP contribution in [0.1, 0.15) is 0 Å². The van der Waals surface area contributed by atoms with Crippen molar-refractivity contribution in [1.82, 2.24) is 9.38 Å². The molecule has 0 saturated heterocycles. The number of ether oxygens (including phenoxy) is 1. The predicted octanol–water partition coefficient (Wildman–Crippen LogP) is 3.66. The van der Waals surface area contributed by atoms with Crippen molar-refractivity contribution in [3.05, 3.63) is 53.8 Å². The molecule has 0 aliphatic carbocycles. The number of imidazole rings is 1. The SMILES string of the molecule is COc1ccccc1-c1cn2cccc(Cl)c2n1. The van der Waals surface area contributed by atoms with Crippen LogP contribution in [0.5, 0.6) is 5.75 Å². The molecular weight excluding hydrogens is 248 g/mol. The van der Waals surface area contributed by atoms with Crippen LogP contribution in [0.4, 0.5) is 0 Å². The van der Waals surface area contributed by atoms with E-state index in [0.717, 1.165) is 22.7 Å². The van der Waals surface area contributed by atoms with Crippen LogP contribution in [0.3, 0.4) is 0 Å². The predicted molar refractivity (Wildman–Crippen MR) is 72.2 cm³/mol. The van der Waals surface area contributed by atoms with Gasteiger partial charge in [0.1, 0.15) is 5.75 Å². The summed E-state index contributed by atoms with van der Waals surface area (Å²) in [4.78, 5) is 4.54. The smallest absolute Gasteiger partial charge is 0.156 e. The molecule has 0 spiro atoms. The van der Waals surface area contributed by atoms with Crippen molar-refractivity contribution in [2.45, 2.75) is 0 Å². The standard InChI is InChI=1S/C14H11ClN2O/c1-18-13-7-3-2-5-10(13)12-9-17-8-4-6-11(15)14(17)16-12/h2-9H,1H3. The van der Waals surface area contributed by atoms with E-state index in [1.807, 2.05) is 53.2 Å². The molecule has 0 aliphatic rings. The summed E-state index contributed by atoms with van der Waals surface area (Å²) in [7, 11) is 1.65. The van der Waals surface area contributed by atoms with E-state index in [-0.39, 0.29) is 0 Å². The average Bonchev–Trinajstić information content (AvgIpc) is 2.84. The largest absolute Gasteiger partial charge is 0.496 e. The van der Waals surface area contributed by atoms with E-state index >= 15 is 0 Å². The van der Waals surface area contributed by atoms with Crippen LogP contribution in [0.2, 0.25) is 5.02 Å². The van der Waals surface area contributed by atoms with Gasteiger partial charge in [0.2, 0.25) is 0 Å². The Labute approximate surface area is 110 Å². The van der Waals surface area contributed by atoms with E-state index in [4.69, 9.17) is 16.3 Å². The molecule has 0 unspecified atom stereocenters. The molecular formula is C14H11ClN2O. The van der Waals surface area contributed by atoms with Gasteiger partial charge in [0, 0.05) is 18.0 Å². The summed E-state index contributed by atoms with van der Waals surface area (Å²) < 4.78 is 7.25. The highest BCUT2D eigenvalue weighted by Gasteiger charge is 2.10. The lowest BCUT2D eigenvalue weighted by Gasteiger charge is -2.04. The summed E-state index contributed by atoms with van der Waals surface area (Å²) >= 11 is 6.12. The summed E-state index contributed by atoms with van der Waals surface area (Å²) in [5, 5.41) is 0.638. The number of halogens is 1. The molecule has 3 rings (SSSR count). The average molecular weight is 259 g/mol. The second-order valence-corrected chi connectivity index (χ2v) is 4.32. The molecule has 3 nitrogen and oxygen atoms in total. The Morgan fingerprint density at radius 1 is 1.17 bits per heavy atom. The second-order valence-electron chi connectivity index (χ2n) is 3.91. The number of hydrogen-bond acceptors (Lipinski definition) is 2. The molecule has 0 aliphatic heterocycles. The van der Waals surface area contributed by atoms with Crippen molar-refractivity contribution in [2.75, 3.05) is 7.11 Å². The highest BCUT2D eigenvalue weighted by molar-refractivity contribution is 6.33. The quantitative estimate of drug-likeness (QED) is 0.701. The number of nitrogens with zero attached hydrogens (tertiary/aromatic N) is 2. The van der Waals surface area contributed by atoms with Crippen LogP contribution < -0.4 is 4.74 Å². The van der Waals surface area contributed by atoms with Crippen molar-refractivity contribution >= 4 is 17.2 Å². The second kappa shape index (κ2) is 4.35. The maximum absolute atomic E-state index is 6.12. The fourth-order valence-corrected chi connectivity index (χ4v) is 2.18. The molecule has 0 amide bonds. The Bertz CT molecular complexity index is 706. The van der Waals surface area contributed by atoms with Gasteiger partial charge in [-0.25, -0.2) is 4.98 Å². The van der Waals surface area contributed by atoms with Crippen molar-refractivity contribution < 1.29 is 4.74 Å². The molecule has 2 heterocycles. The lowest BCUT2D eigenvalue weighted by atomic mass is 10.1. The zero-order valence-corrected chi connectivity index (χ0v) is 10.6. The number of hydrogen-bond donors (Lipinski definition) is 0. The molecule has 4 heteroatoms. The van der Waals surface area contributed by atoms with E-state index in [1.54, 1.807) is 7.11 Å². The summed E-state index contributed by atoms with van der Waals surface area (Å²) in [6.07, 6.45) is 3.87. The molecule has 0 radical (unpaired) electrons. The molecule has 3 aromatic rings. The van der Waals surface area contributed by atoms with Crippen molar-refractivity contribution in [2.24, 2.45) is 0 Å². The van der Waals surface area contributed by atoms with Crippen LogP contribution in [0.15, 0.2) is 48.8 Å². The van der Waals surface area contributed by atoms with Gasteiger partial charge in [0.15, 0.2) is 5.65 Å². The molecule has 0 fully saturated rings. The van der Waals surface area contributed by atoms with Crippen LogP contribution >= 0.6 is 11.6 Å². The molecule has 0 saturated carbocycles. The summed E-state index contributed by atoms with van der Waals surface area (Å²) in [5.41, 5.74) is 2.56. The molecule has 0 bridgehead atoms. The third kappa shape index (κ3) is 1.73. The topological polar surface area (TPSA) is 26.5 Å². The van der Waals surface area contributed by atoms with Gasteiger partial charge >= 0.3 is 0 Å². The summed E-state index contributed by atoms with van der Waals surface area (Å²) in [6, 6.07) is 11.5. The van der Waals surface area contributed by atoms with Crippen LogP contribution in [-0.4, -0.2) is 16.5 Å². The molecule has 18 heavy (non-hydrogen) atoms. The summed E-state index contributed by atoms with van der Waals surface area (Å²) in [5.74, 6) is 0.803. The van der Waals surface area contributed by atoms with Gasteiger partial charge in [-0.2, -0.15) is 0 Å². The fourth-order valence-electron chi connectivity index (χ4n) is 1.96. The highest BCUT2D eigenvalue weighted by Crippen LogP contribution is 2.30. The maximum Gasteiger partial charge on any atom is 0.156 e. The van der Waals surface area contributed by atoms with Gasteiger partial charge in [-0.15, -0.1) is 0 Å². The zero-order chi connectivity index (χ0) is 12.5. The first-order valence-corrected chi connectivity index (χ1v) is 5.94. The van der Waals surface area contributed by atoms with E-state index in [0.29, 0.717) is 5.02 Å². The van der Waals surface area contributed by atoms with E-state index in [1.165, 1.54) is 0 Å². The number of benzene rings is 1. The first kappa shape index (κ1) is 11.1. The van der Waals surface area contributed by atoms with Crippen molar-refractivity contribution in [3.63, 3.8) is 0 Å². The Balaban J connectivity index is 2.23. The normalized spacial score (nSPS) is 10.8. The Hall–Kier alpha value is -2.00. The van der Waals surface area contributed by atoms with Crippen molar-refractivity contribution in [1.29, 1.82) is 0 Å². The van der Waals surface area contributed by atoms with Crippen molar-refractivity contribution in [3.8, 4) is 17.0 Å². The number of pyridine rings is 1. The molecule has 1 aromatic carbocycles. The fraction of sp³-hybridized carbons (Fsp3) is 0.0714. The Morgan fingerprint density at radius 3 is 2.78 bits per heavy atom. The molecule has 2 aromatic heterocycles. The third-order valence-electron chi connectivity index (χ3n) is 2.82. The number of rotatable bonds is 2. The molecule has 0 N–H and O–H groups in total. The van der Waals surface area contributed by atoms with Gasteiger partial charge in [0.25, 0.3) is 0 Å². The van der Waals surface area contributed by atoms with Gasteiger partial charge in [-0.05, 0) is 24.3 Å². The minimum absolute atomic E-state index is 0.638. The minimum Gasteiger partial charge on any atom is -0.496 e. The first-order chi connectivity index (χ1) is 8.79. The lowest BCUT2D eigenvalue weighted by molar-refractivity contribution is 0.416. The van der Waals surface area contributed by atoms with Gasteiger partial charge in [-0.3, -0.25) is 0 Å². The maximum atomic E-state index is 6.12. The third-order valence-corrected chi connectivity index (χ3v) is 3.11. The summed E-state index contributed by atoms with van der Waals surface area (Å²) in [6.45, 7) is 0. The van der Waals surface area contributed by atoms with Crippen LogP contribution in [-0.2, 0) is 0 Å². The van der Waals surface area contributed by atoms with Gasteiger partial charge in [0.05, 0.1) is 17.8 Å². The Morgan fingerprint density at radius 2 is 2.00 bits per heavy atom. The number of fused-ring (bicyclic) bond motifs is 1. The monoisotopic (exact) mass is 258 g/mol. The molecule has 90 valence electrons. The van der Waals surface area contributed by atoms with E-state index in [2.05, 4.69) is 4.98 Å². The zero-order valence-electron chi connectivity index (χ0n) is 9.80. The number of methoxy groups -OCH3 is 1. The van der Waals surface area contributed by atoms with Gasteiger partial charge < -0.3 is 9.14 Å². The molecule has 0 atom stereocenters.